The van der Waals surface area contributed by atoms with Gasteiger partial charge >= 0.3 is 0 Å². The third-order valence-corrected chi connectivity index (χ3v) is 3.23. The Morgan fingerprint density at radius 3 is 2.62 bits per heavy atom. The van der Waals surface area contributed by atoms with E-state index in [1.807, 2.05) is 25.2 Å². The average molecular weight is 262 g/mol. The summed E-state index contributed by atoms with van der Waals surface area (Å²) in [5.74, 6) is 0.483. The average Bonchev–Trinajstić information content (AvgIpc) is 2.28. The van der Waals surface area contributed by atoms with Crippen molar-refractivity contribution in [1.82, 2.24) is 0 Å². The van der Waals surface area contributed by atoms with Gasteiger partial charge in [-0.05, 0) is 24.6 Å². The lowest BCUT2D eigenvalue weighted by atomic mass is 10.2. The van der Waals surface area contributed by atoms with E-state index >= 15 is 0 Å². The number of ether oxygens (including phenoxy) is 1. The van der Waals surface area contributed by atoms with Crippen LogP contribution in [0, 0.1) is 0 Å². The fraction of sp³-hybridized carbons (Fsp3) is 0.500. The molecular formula is C12H17Cl2NO. The SMILES string of the molecule is COCC(C)N(C)c1ccc(CCl)cc1Cl. The molecule has 0 aliphatic heterocycles. The molecule has 0 aliphatic rings. The molecule has 16 heavy (non-hydrogen) atoms. The Bertz CT molecular complexity index is 344. The second-order valence-corrected chi connectivity index (χ2v) is 4.51. The van der Waals surface area contributed by atoms with Gasteiger partial charge in [0, 0.05) is 26.1 Å². The summed E-state index contributed by atoms with van der Waals surface area (Å²) < 4.78 is 5.13. The number of alkyl halides is 1. The molecule has 0 saturated heterocycles. The summed E-state index contributed by atoms with van der Waals surface area (Å²) >= 11 is 12.0. The van der Waals surface area contributed by atoms with Gasteiger partial charge in [-0.3, -0.25) is 0 Å². The van der Waals surface area contributed by atoms with Crippen LogP contribution in [0.15, 0.2) is 18.2 Å². The fourth-order valence-corrected chi connectivity index (χ4v) is 2.01. The van der Waals surface area contributed by atoms with E-state index in [-0.39, 0.29) is 6.04 Å². The van der Waals surface area contributed by atoms with Gasteiger partial charge in [0.2, 0.25) is 0 Å². The zero-order valence-corrected chi connectivity index (χ0v) is 11.3. The summed E-state index contributed by atoms with van der Waals surface area (Å²) in [6.45, 7) is 2.76. The summed E-state index contributed by atoms with van der Waals surface area (Å²) in [5, 5.41) is 0.726. The van der Waals surface area contributed by atoms with Crippen LogP contribution in [-0.4, -0.2) is 26.8 Å². The minimum absolute atomic E-state index is 0.282. The summed E-state index contributed by atoms with van der Waals surface area (Å²) in [7, 11) is 3.70. The number of methoxy groups -OCH3 is 1. The van der Waals surface area contributed by atoms with Crippen molar-refractivity contribution in [2.45, 2.75) is 18.8 Å². The van der Waals surface area contributed by atoms with E-state index in [4.69, 9.17) is 27.9 Å². The number of hydrogen-bond donors (Lipinski definition) is 0. The van der Waals surface area contributed by atoms with Crippen LogP contribution in [0.5, 0.6) is 0 Å². The van der Waals surface area contributed by atoms with E-state index in [2.05, 4.69) is 11.8 Å². The quantitative estimate of drug-likeness (QED) is 0.752. The predicted molar refractivity (Wildman–Crippen MR) is 70.8 cm³/mol. The van der Waals surface area contributed by atoms with Gasteiger partial charge in [-0.25, -0.2) is 0 Å². The van der Waals surface area contributed by atoms with Crippen molar-refractivity contribution in [1.29, 1.82) is 0 Å². The number of nitrogens with zero attached hydrogens (tertiary/aromatic N) is 1. The Hall–Kier alpha value is -0.440. The monoisotopic (exact) mass is 261 g/mol. The molecule has 1 aromatic rings. The second-order valence-electron chi connectivity index (χ2n) is 3.83. The molecule has 90 valence electrons. The highest BCUT2D eigenvalue weighted by atomic mass is 35.5. The van der Waals surface area contributed by atoms with Gasteiger partial charge in [-0.2, -0.15) is 0 Å². The molecule has 0 amide bonds. The van der Waals surface area contributed by atoms with Crippen LogP contribution in [0.2, 0.25) is 5.02 Å². The number of likely N-dealkylation sites (N-methyl/N-ethyl adjacent to an activating group) is 1. The summed E-state index contributed by atoms with van der Waals surface area (Å²) in [6, 6.07) is 6.17. The van der Waals surface area contributed by atoms with Crippen molar-refractivity contribution in [3.05, 3.63) is 28.8 Å². The largest absolute Gasteiger partial charge is 0.383 e. The topological polar surface area (TPSA) is 12.5 Å². The smallest absolute Gasteiger partial charge is 0.0663 e. The van der Waals surface area contributed by atoms with Gasteiger partial charge in [-0.1, -0.05) is 17.7 Å². The number of hydrogen-bond acceptors (Lipinski definition) is 2. The van der Waals surface area contributed by atoms with Gasteiger partial charge in [0.25, 0.3) is 0 Å². The van der Waals surface area contributed by atoms with Crippen LogP contribution in [-0.2, 0) is 10.6 Å². The molecule has 1 atom stereocenters. The predicted octanol–water partition coefficient (Wildman–Crippen LogP) is 3.55. The third kappa shape index (κ3) is 3.27. The highest BCUT2D eigenvalue weighted by Crippen LogP contribution is 2.27. The summed E-state index contributed by atoms with van der Waals surface area (Å²) in [5.41, 5.74) is 2.03. The van der Waals surface area contributed by atoms with Crippen LogP contribution in [0.25, 0.3) is 0 Å². The minimum atomic E-state index is 0.282. The van der Waals surface area contributed by atoms with Gasteiger partial charge in [0.1, 0.15) is 0 Å². The van der Waals surface area contributed by atoms with Crippen LogP contribution >= 0.6 is 23.2 Å². The van der Waals surface area contributed by atoms with E-state index in [1.54, 1.807) is 7.11 Å². The molecular weight excluding hydrogens is 245 g/mol. The maximum absolute atomic E-state index is 6.21. The van der Waals surface area contributed by atoms with Gasteiger partial charge < -0.3 is 9.64 Å². The fourth-order valence-electron chi connectivity index (χ4n) is 1.51. The van der Waals surface area contributed by atoms with Crippen LogP contribution in [0.1, 0.15) is 12.5 Å². The Morgan fingerprint density at radius 2 is 2.12 bits per heavy atom. The molecule has 0 spiro atoms. The highest BCUT2D eigenvalue weighted by Gasteiger charge is 2.12. The van der Waals surface area contributed by atoms with Crippen molar-refractivity contribution in [2.24, 2.45) is 0 Å². The molecule has 1 aromatic carbocycles. The van der Waals surface area contributed by atoms with Crippen LogP contribution in [0.4, 0.5) is 5.69 Å². The van der Waals surface area contributed by atoms with Gasteiger partial charge in [0.05, 0.1) is 17.3 Å². The molecule has 4 heteroatoms. The first-order chi connectivity index (χ1) is 7.60. The van der Waals surface area contributed by atoms with Gasteiger partial charge in [0.15, 0.2) is 0 Å². The van der Waals surface area contributed by atoms with Crippen molar-refractivity contribution < 1.29 is 4.74 Å². The first-order valence-electron chi connectivity index (χ1n) is 5.16. The molecule has 0 aromatic heterocycles. The second kappa shape index (κ2) is 6.33. The molecule has 2 nitrogen and oxygen atoms in total. The van der Waals surface area contributed by atoms with E-state index < -0.39 is 0 Å². The number of halogens is 2. The molecule has 0 saturated carbocycles. The summed E-state index contributed by atoms with van der Waals surface area (Å²) in [4.78, 5) is 2.10. The zero-order valence-electron chi connectivity index (χ0n) is 9.84. The lowest BCUT2D eigenvalue weighted by Crippen LogP contribution is -2.32. The van der Waals surface area contributed by atoms with E-state index in [1.165, 1.54) is 0 Å². The number of rotatable bonds is 5. The molecule has 0 aliphatic carbocycles. The lowest BCUT2D eigenvalue weighted by Gasteiger charge is -2.27. The Balaban J connectivity index is 2.87. The van der Waals surface area contributed by atoms with Crippen molar-refractivity contribution in [2.75, 3.05) is 25.7 Å². The molecule has 0 N–H and O–H groups in total. The normalized spacial score (nSPS) is 12.6. The number of benzene rings is 1. The molecule has 1 rings (SSSR count). The zero-order chi connectivity index (χ0) is 12.1. The number of anilines is 1. The molecule has 0 fully saturated rings. The maximum atomic E-state index is 6.21. The molecule has 0 heterocycles. The molecule has 1 unspecified atom stereocenters. The Labute approximate surface area is 107 Å². The van der Waals surface area contributed by atoms with E-state index in [0.717, 1.165) is 16.3 Å². The third-order valence-electron chi connectivity index (χ3n) is 2.62. The lowest BCUT2D eigenvalue weighted by molar-refractivity contribution is 0.183. The Morgan fingerprint density at radius 1 is 1.44 bits per heavy atom. The maximum Gasteiger partial charge on any atom is 0.0663 e. The molecule has 0 radical (unpaired) electrons. The van der Waals surface area contributed by atoms with E-state index in [9.17, 15) is 0 Å². The van der Waals surface area contributed by atoms with Crippen molar-refractivity contribution >= 4 is 28.9 Å². The Kier molecular flexibility index (Phi) is 5.39. The van der Waals surface area contributed by atoms with Crippen LogP contribution < -0.4 is 4.90 Å². The van der Waals surface area contributed by atoms with Gasteiger partial charge in [-0.15, -0.1) is 11.6 Å². The first-order valence-corrected chi connectivity index (χ1v) is 6.07. The molecule has 0 bridgehead atoms. The van der Waals surface area contributed by atoms with Crippen LogP contribution in [0.3, 0.4) is 0 Å². The van der Waals surface area contributed by atoms with Crippen molar-refractivity contribution in [3.63, 3.8) is 0 Å². The van der Waals surface area contributed by atoms with E-state index in [0.29, 0.717) is 12.5 Å². The van der Waals surface area contributed by atoms with Crippen molar-refractivity contribution in [3.8, 4) is 0 Å². The standard InChI is InChI=1S/C12H17Cl2NO/c1-9(8-16-3)15(2)12-5-4-10(7-13)6-11(12)14/h4-6,9H,7-8H2,1-3H3. The summed E-state index contributed by atoms with van der Waals surface area (Å²) in [6.07, 6.45) is 0. The first kappa shape index (κ1) is 13.6. The minimum Gasteiger partial charge on any atom is -0.383 e. The highest BCUT2D eigenvalue weighted by molar-refractivity contribution is 6.33.